The van der Waals surface area contributed by atoms with Gasteiger partial charge in [0.25, 0.3) is 11.8 Å². The molecule has 6 nitrogen and oxygen atoms in total. The average Bonchev–Trinajstić information content (AvgIpc) is 2.61. The second-order valence-electron chi connectivity index (χ2n) is 5.72. The van der Waals surface area contributed by atoms with Gasteiger partial charge in [-0.2, -0.15) is 0 Å². The maximum atomic E-state index is 11.9. The van der Waals surface area contributed by atoms with Gasteiger partial charge in [0.05, 0.1) is 0 Å². The van der Waals surface area contributed by atoms with Gasteiger partial charge in [-0.1, -0.05) is 29.3 Å². The van der Waals surface area contributed by atoms with Crippen molar-refractivity contribution in [3.63, 3.8) is 0 Å². The van der Waals surface area contributed by atoms with Crippen LogP contribution in [0, 0.1) is 13.8 Å². The van der Waals surface area contributed by atoms with E-state index in [9.17, 15) is 14.4 Å². The molecule has 0 aliphatic rings. The SMILES string of the molecule is Cc1ccc(NC(=O)COC(=O)CNC(=O)c2ccc(Cl)cc2)c(C)c1. The molecule has 0 saturated heterocycles. The van der Waals surface area contributed by atoms with E-state index in [1.165, 1.54) is 0 Å². The Kier molecular flexibility index (Phi) is 6.74. The predicted octanol–water partition coefficient (Wildman–Crippen LogP) is 2.87. The summed E-state index contributed by atoms with van der Waals surface area (Å²) in [5.41, 5.74) is 3.03. The molecule has 0 spiro atoms. The number of carbonyl (C=O) groups excluding carboxylic acids is 3. The van der Waals surface area contributed by atoms with Crippen LogP contribution in [0.2, 0.25) is 5.02 Å². The second kappa shape index (κ2) is 9.01. The molecular weight excluding hydrogens is 356 g/mol. The first-order chi connectivity index (χ1) is 12.3. The Bertz CT molecular complexity index is 819. The van der Waals surface area contributed by atoms with Gasteiger partial charge in [0, 0.05) is 16.3 Å². The van der Waals surface area contributed by atoms with E-state index < -0.39 is 24.4 Å². The Balaban J connectivity index is 1.74. The van der Waals surface area contributed by atoms with Gasteiger partial charge in [0.2, 0.25) is 0 Å². The van der Waals surface area contributed by atoms with Crippen molar-refractivity contribution >= 4 is 35.1 Å². The molecular formula is C19H19ClN2O4. The third kappa shape index (κ3) is 5.89. The monoisotopic (exact) mass is 374 g/mol. The topological polar surface area (TPSA) is 84.5 Å². The maximum Gasteiger partial charge on any atom is 0.325 e. The summed E-state index contributed by atoms with van der Waals surface area (Å²) in [5.74, 6) is -1.59. The molecule has 0 heterocycles. The first-order valence-electron chi connectivity index (χ1n) is 7.91. The summed E-state index contributed by atoms with van der Waals surface area (Å²) in [4.78, 5) is 35.4. The number of carbonyl (C=O) groups is 3. The van der Waals surface area contributed by atoms with Crippen molar-refractivity contribution in [2.75, 3.05) is 18.5 Å². The van der Waals surface area contributed by atoms with Gasteiger partial charge in [-0.15, -0.1) is 0 Å². The molecule has 2 amide bonds. The van der Waals surface area contributed by atoms with Crippen molar-refractivity contribution in [2.24, 2.45) is 0 Å². The van der Waals surface area contributed by atoms with Gasteiger partial charge < -0.3 is 15.4 Å². The Morgan fingerprint density at radius 3 is 2.38 bits per heavy atom. The fourth-order valence-electron chi connectivity index (χ4n) is 2.19. The van der Waals surface area contributed by atoms with Crippen LogP contribution in [0.5, 0.6) is 0 Å². The van der Waals surface area contributed by atoms with E-state index in [2.05, 4.69) is 10.6 Å². The molecule has 0 saturated carbocycles. The highest BCUT2D eigenvalue weighted by molar-refractivity contribution is 6.30. The smallest absolute Gasteiger partial charge is 0.325 e. The Morgan fingerprint density at radius 1 is 1.04 bits per heavy atom. The van der Waals surface area contributed by atoms with Crippen LogP contribution in [0.25, 0.3) is 0 Å². The fourth-order valence-corrected chi connectivity index (χ4v) is 2.32. The summed E-state index contributed by atoms with van der Waals surface area (Å²) in [6.07, 6.45) is 0. The average molecular weight is 375 g/mol. The molecule has 0 atom stereocenters. The van der Waals surface area contributed by atoms with Crippen LogP contribution >= 0.6 is 11.6 Å². The van der Waals surface area contributed by atoms with Gasteiger partial charge in [-0.25, -0.2) is 0 Å². The number of hydrogen-bond acceptors (Lipinski definition) is 4. The molecule has 0 radical (unpaired) electrons. The molecule has 2 N–H and O–H groups in total. The van der Waals surface area contributed by atoms with Gasteiger partial charge in [0.15, 0.2) is 6.61 Å². The number of hydrogen-bond donors (Lipinski definition) is 2. The first kappa shape index (κ1) is 19.5. The second-order valence-corrected chi connectivity index (χ2v) is 6.15. The summed E-state index contributed by atoms with van der Waals surface area (Å²) in [6.45, 7) is 3.07. The van der Waals surface area contributed by atoms with Gasteiger partial charge in [-0.3, -0.25) is 14.4 Å². The van der Waals surface area contributed by atoms with E-state index in [0.29, 0.717) is 16.3 Å². The Morgan fingerprint density at radius 2 is 1.73 bits per heavy atom. The molecule has 0 aliphatic carbocycles. The standard InChI is InChI=1S/C19H19ClN2O4/c1-12-3-8-16(13(2)9-12)22-17(23)11-26-18(24)10-21-19(25)14-4-6-15(20)7-5-14/h3-9H,10-11H2,1-2H3,(H,21,25)(H,22,23). The zero-order valence-electron chi connectivity index (χ0n) is 14.5. The molecule has 2 rings (SSSR count). The Hall–Kier alpha value is -2.86. The van der Waals surface area contributed by atoms with E-state index >= 15 is 0 Å². The summed E-state index contributed by atoms with van der Waals surface area (Å²) in [7, 11) is 0. The molecule has 26 heavy (non-hydrogen) atoms. The number of ether oxygens (including phenoxy) is 1. The number of amides is 2. The van der Waals surface area contributed by atoms with E-state index in [1.54, 1.807) is 30.3 Å². The van der Waals surface area contributed by atoms with Crippen LogP contribution < -0.4 is 10.6 Å². The highest BCUT2D eigenvalue weighted by Gasteiger charge is 2.11. The van der Waals surface area contributed by atoms with Crippen LogP contribution in [0.4, 0.5) is 5.69 Å². The van der Waals surface area contributed by atoms with Crippen LogP contribution in [-0.2, 0) is 14.3 Å². The lowest BCUT2D eigenvalue weighted by Gasteiger charge is -2.10. The third-order valence-corrected chi connectivity index (χ3v) is 3.77. The third-order valence-electron chi connectivity index (χ3n) is 3.52. The lowest BCUT2D eigenvalue weighted by atomic mass is 10.1. The van der Waals surface area contributed by atoms with Crippen molar-refractivity contribution in [3.05, 3.63) is 64.2 Å². The number of benzene rings is 2. The molecule has 0 bridgehead atoms. The van der Waals surface area contributed by atoms with Gasteiger partial charge in [-0.05, 0) is 49.7 Å². The zero-order chi connectivity index (χ0) is 19.1. The lowest BCUT2D eigenvalue weighted by Crippen LogP contribution is -2.32. The molecule has 0 aliphatic heterocycles. The first-order valence-corrected chi connectivity index (χ1v) is 8.29. The van der Waals surface area contributed by atoms with E-state index in [-0.39, 0.29) is 6.54 Å². The maximum absolute atomic E-state index is 11.9. The lowest BCUT2D eigenvalue weighted by molar-refractivity contribution is -0.146. The number of nitrogens with one attached hydrogen (secondary N) is 2. The molecule has 136 valence electrons. The summed E-state index contributed by atoms with van der Waals surface area (Å²) < 4.78 is 4.86. The molecule has 2 aromatic rings. The number of halogens is 1. The molecule has 0 fully saturated rings. The predicted molar refractivity (Wildman–Crippen MR) is 99.3 cm³/mol. The largest absolute Gasteiger partial charge is 0.454 e. The summed E-state index contributed by atoms with van der Waals surface area (Å²) >= 11 is 5.75. The highest BCUT2D eigenvalue weighted by Crippen LogP contribution is 2.15. The Labute approximate surface area is 156 Å². The van der Waals surface area contributed by atoms with Crippen LogP contribution in [0.15, 0.2) is 42.5 Å². The van der Waals surface area contributed by atoms with E-state index in [4.69, 9.17) is 16.3 Å². The number of esters is 1. The van der Waals surface area contributed by atoms with Crippen molar-refractivity contribution < 1.29 is 19.1 Å². The van der Waals surface area contributed by atoms with Crippen molar-refractivity contribution in [3.8, 4) is 0 Å². The van der Waals surface area contributed by atoms with Crippen LogP contribution in [0.1, 0.15) is 21.5 Å². The van der Waals surface area contributed by atoms with Crippen molar-refractivity contribution in [1.29, 1.82) is 0 Å². The molecule has 7 heteroatoms. The van der Waals surface area contributed by atoms with Gasteiger partial charge in [0.1, 0.15) is 6.54 Å². The van der Waals surface area contributed by atoms with Crippen LogP contribution in [0.3, 0.4) is 0 Å². The van der Waals surface area contributed by atoms with Crippen LogP contribution in [-0.4, -0.2) is 30.9 Å². The van der Waals surface area contributed by atoms with Crippen molar-refractivity contribution in [1.82, 2.24) is 5.32 Å². The number of rotatable bonds is 6. The molecule has 0 aromatic heterocycles. The minimum atomic E-state index is -0.705. The molecule has 2 aromatic carbocycles. The fraction of sp³-hybridized carbons (Fsp3) is 0.211. The summed E-state index contributed by atoms with van der Waals surface area (Å²) in [5, 5.41) is 5.60. The van der Waals surface area contributed by atoms with Crippen molar-refractivity contribution in [2.45, 2.75) is 13.8 Å². The van der Waals surface area contributed by atoms with Gasteiger partial charge >= 0.3 is 5.97 Å². The normalized spacial score (nSPS) is 10.1. The number of aryl methyl sites for hydroxylation is 2. The summed E-state index contributed by atoms with van der Waals surface area (Å²) in [6, 6.07) is 11.8. The van der Waals surface area contributed by atoms with E-state index in [0.717, 1.165) is 11.1 Å². The number of anilines is 1. The zero-order valence-corrected chi connectivity index (χ0v) is 15.2. The van der Waals surface area contributed by atoms with E-state index in [1.807, 2.05) is 26.0 Å². The minimum absolute atomic E-state index is 0.335. The quantitative estimate of drug-likeness (QED) is 0.761. The highest BCUT2D eigenvalue weighted by atomic mass is 35.5. The molecule has 0 unspecified atom stereocenters. The minimum Gasteiger partial charge on any atom is -0.454 e.